The van der Waals surface area contributed by atoms with Gasteiger partial charge in [-0.1, -0.05) is 27.5 Å². The Bertz CT molecular complexity index is 960. The number of hydrogen-bond donors (Lipinski definition) is 1. The van der Waals surface area contributed by atoms with Gasteiger partial charge < -0.3 is 20.0 Å². The summed E-state index contributed by atoms with van der Waals surface area (Å²) in [5, 5.41) is 14.3. The Morgan fingerprint density at radius 3 is 2.74 bits per heavy atom. The summed E-state index contributed by atoms with van der Waals surface area (Å²) in [6, 6.07) is 11.9. The monoisotopic (exact) mass is 465 g/mol. The molecule has 138 valence electrons. The fourth-order valence-corrected chi connectivity index (χ4v) is 3.49. The van der Waals surface area contributed by atoms with E-state index in [4.69, 9.17) is 16.3 Å². The van der Waals surface area contributed by atoms with Crippen molar-refractivity contribution in [3.05, 3.63) is 62.4 Å². The smallest absolute Gasteiger partial charge is 0.264 e. The molecule has 1 N–H and O–H groups in total. The van der Waals surface area contributed by atoms with E-state index in [1.165, 1.54) is 11.8 Å². The second-order valence-electron chi connectivity index (χ2n) is 5.30. The summed E-state index contributed by atoms with van der Waals surface area (Å²) >= 11 is 10.4. The molecule has 27 heavy (non-hydrogen) atoms. The molecule has 1 aliphatic heterocycles. The van der Waals surface area contributed by atoms with Crippen LogP contribution >= 0.6 is 39.3 Å². The lowest BCUT2D eigenvalue weighted by atomic mass is 10.2. The number of carboxylic acid groups (broad SMARTS) is 1. The van der Waals surface area contributed by atoms with Crippen LogP contribution in [-0.4, -0.2) is 23.7 Å². The van der Waals surface area contributed by atoms with Crippen LogP contribution in [-0.2, 0) is 9.59 Å². The minimum Gasteiger partial charge on any atom is -0.546 e. The number of amidine groups is 1. The first-order valence-corrected chi connectivity index (χ1v) is 9.57. The van der Waals surface area contributed by atoms with Gasteiger partial charge in [0.05, 0.1) is 16.6 Å². The zero-order valence-corrected chi connectivity index (χ0v) is 16.7. The summed E-state index contributed by atoms with van der Waals surface area (Å²) in [6.45, 7) is -0.583. The van der Waals surface area contributed by atoms with Gasteiger partial charge in [-0.3, -0.25) is 4.79 Å². The lowest BCUT2D eigenvalue weighted by molar-refractivity contribution is -0.307. The summed E-state index contributed by atoms with van der Waals surface area (Å²) in [7, 11) is 0. The number of nitrogens with one attached hydrogen (secondary N) is 1. The van der Waals surface area contributed by atoms with Gasteiger partial charge in [0, 0.05) is 15.1 Å². The van der Waals surface area contributed by atoms with Crippen molar-refractivity contribution in [1.29, 1.82) is 0 Å². The molecule has 0 saturated carbocycles. The van der Waals surface area contributed by atoms with Crippen molar-refractivity contribution < 1.29 is 19.4 Å². The number of ether oxygens (including phenoxy) is 1. The molecule has 0 atom stereocenters. The van der Waals surface area contributed by atoms with Gasteiger partial charge in [0.1, 0.15) is 12.4 Å². The minimum absolute atomic E-state index is 0.307. The van der Waals surface area contributed by atoms with Crippen molar-refractivity contribution in [1.82, 2.24) is 5.32 Å². The van der Waals surface area contributed by atoms with Gasteiger partial charge in [-0.05, 0) is 60.3 Å². The number of aliphatic imine (C=N–C) groups is 1. The van der Waals surface area contributed by atoms with E-state index in [0.717, 1.165) is 4.47 Å². The number of halogens is 2. The minimum atomic E-state index is -1.33. The summed E-state index contributed by atoms with van der Waals surface area (Å²) in [6.07, 6.45) is 1.61. The van der Waals surface area contributed by atoms with E-state index in [1.807, 2.05) is 0 Å². The van der Waals surface area contributed by atoms with Crippen LogP contribution < -0.4 is 15.2 Å². The molecule has 1 amide bonds. The molecule has 1 aliphatic rings. The first kappa shape index (κ1) is 19.5. The molecule has 9 heteroatoms. The molecular formula is C18H11BrClN2O4S-. The highest BCUT2D eigenvalue weighted by Crippen LogP contribution is 2.32. The van der Waals surface area contributed by atoms with E-state index in [1.54, 1.807) is 48.5 Å². The number of carbonyl (C=O) groups excluding carboxylic acids is 2. The van der Waals surface area contributed by atoms with E-state index in [2.05, 4.69) is 26.2 Å². The lowest BCUT2D eigenvalue weighted by Crippen LogP contribution is -2.29. The maximum absolute atomic E-state index is 12.2. The summed E-state index contributed by atoms with van der Waals surface area (Å²) < 4.78 is 5.98. The number of hydrogen-bond acceptors (Lipinski definition) is 6. The molecule has 1 fully saturated rings. The third-order valence-corrected chi connectivity index (χ3v) is 4.97. The van der Waals surface area contributed by atoms with Crippen molar-refractivity contribution in [3.63, 3.8) is 0 Å². The van der Waals surface area contributed by atoms with Crippen molar-refractivity contribution in [2.75, 3.05) is 6.61 Å². The van der Waals surface area contributed by atoms with E-state index in [-0.39, 0.29) is 5.91 Å². The van der Waals surface area contributed by atoms with E-state index < -0.39 is 12.6 Å². The normalized spacial score (nSPS) is 16.6. The molecule has 0 spiro atoms. The molecule has 0 aliphatic carbocycles. The quantitative estimate of drug-likeness (QED) is 0.684. The fourth-order valence-electron chi connectivity index (χ4n) is 2.15. The van der Waals surface area contributed by atoms with E-state index >= 15 is 0 Å². The zero-order valence-electron chi connectivity index (χ0n) is 13.6. The number of carbonyl (C=O) groups is 2. The summed E-state index contributed by atoms with van der Waals surface area (Å²) in [5.74, 6) is -1.31. The van der Waals surface area contributed by atoms with Crippen molar-refractivity contribution in [2.45, 2.75) is 0 Å². The Morgan fingerprint density at radius 2 is 2.04 bits per heavy atom. The maximum atomic E-state index is 12.2. The predicted octanol–water partition coefficient (Wildman–Crippen LogP) is 3.12. The first-order valence-electron chi connectivity index (χ1n) is 7.58. The molecule has 0 bridgehead atoms. The van der Waals surface area contributed by atoms with Crippen LogP contribution in [0.1, 0.15) is 5.56 Å². The van der Waals surface area contributed by atoms with Crippen molar-refractivity contribution in [2.24, 2.45) is 4.99 Å². The molecule has 6 nitrogen and oxygen atoms in total. The molecule has 0 radical (unpaired) electrons. The number of benzene rings is 2. The number of rotatable bonds is 5. The molecular weight excluding hydrogens is 456 g/mol. The van der Waals surface area contributed by atoms with E-state index in [0.29, 0.717) is 32.1 Å². The molecule has 1 heterocycles. The second kappa shape index (κ2) is 8.60. The van der Waals surface area contributed by atoms with Crippen LogP contribution in [0.3, 0.4) is 0 Å². The highest BCUT2D eigenvalue weighted by molar-refractivity contribution is 9.10. The maximum Gasteiger partial charge on any atom is 0.264 e. The average molecular weight is 467 g/mol. The van der Waals surface area contributed by atoms with Crippen LogP contribution in [0.5, 0.6) is 5.75 Å². The summed E-state index contributed by atoms with van der Waals surface area (Å²) in [5.41, 5.74) is 1.21. The van der Waals surface area contributed by atoms with Gasteiger partial charge in [-0.2, -0.15) is 0 Å². The van der Waals surface area contributed by atoms with Crippen LogP contribution in [0.4, 0.5) is 5.69 Å². The Labute approximate surface area is 172 Å². The standard InChI is InChI=1S/C18H12BrClN2O4S/c19-11-1-6-14(26-9-16(23)24)10(7-11)8-15-17(25)22-18(27-15)21-13-4-2-12(20)3-5-13/h1-8H,9H2,(H,23,24)(H,21,22,25)/p-1/b15-8-. The van der Waals surface area contributed by atoms with Gasteiger partial charge in [0.2, 0.25) is 0 Å². The number of amides is 1. The largest absolute Gasteiger partial charge is 0.546 e. The van der Waals surface area contributed by atoms with Crippen molar-refractivity contribution in [3.8, 4) is 5.75 Å². The Morgan fingerprint density at radius 1 is 1.30 bits per heavy atom. The average Bonchev–Trinajstić information content (AvgIpc) is 2.95. The van der Waals surface area contributed by atoms with Crippen LogP contribution in [0.25, 0.3) is 6.08 Å². The number of aliphatic carboxylic acids is 1. The van der Waals surface area contributed by atoms with Gasteiger partial charge in [0.15, 0.2) is 5.17 Å². The molecule has 0 unspecified atom stereocenters. The third kappa shape index (κ3) is 5.35. The SMILES string of the molecule is O=C([O-])COc1ccc(Br)cc1/C=C1\SC(=Nc2ccc(Cl)cc2)NC1=O. The Balaban J connectivity index is 1.85. The van der Waals surface area contributed by atoms with Gasteiger partial charge in [-0.15, -0.1) is 0 Å². The number of carboxylic acids is 1. The summed E-state index contributed by atoms with van der Waals surface area (Å²) in [4.78, 5) is 27.6. The van der Waals surface area contributed by atoms with Gasteiger partial charge in [0.25, 0.3) is 5.91 Å². The molecule has 2 aromatic rings. The molecule has 2 aromatic carbocycles. The first-order chi connectivity index (χ1) is 12.9. The number of thioether (sulfide) groups is 1. The third-order valence-electron chi connectivity index (χ3n) is 3.31. The van der Waals surface area contributed by atoms with E-state index in [9.17, 15) is 14.7 Å². The molecule has 0 aromatic heterocycles. The second-order valence-corrected chi connectivity index (χ2v) is 7.68. The molecule has 1 saturated heterocycles. The highest BCUT2D eigenvalue weighted by Gasteiger charge is 2.24. The zero-order chi connectivity index (χ0) is 19.4. The fraction of sp³-hybridized carbons (Fsp3) is 0.0556. The van der Waals surface area contributed by atoms with Crippen LogP contribution in [0, 0.1) is 0 Å². The van der Waals surface area contributed by atoms with Crippen LogP contribution in [0.15, 0.2) is 56.8 Å². The Kier molecular flexibility index (Phi) is 6.20. The van der Waals surface area contributed by atoms with Gasteiger partial charge >= 0.3 is 0 Å². The molecule has 3 rings (SSSR count). The van der Waals surface area contributed by atoms with Gasteiger partial charge in [-0.25, -0.2) is 4.99 Å². The predicted molar refractivity (Wildman–Crippen MR) is 107 cm³/mol. The number of nitrogens with zero attached hydrogens (tertiary/aromatic N) is 1. The van der Waals surface area contributed by atoms with Crippen LogP contribution in [0.2, 0.25) is 5.02 Å². The highest BCUT2D eigenvalue weighted by atomic mass is 79.9. The Hall–Kier alpha value is -2.29. The topological polar surface area (TPSA) is 90.8 Å². The van der Waals surface area contributed by atoms with Crippen molar-refractivity contribution >= 4 is 68.1 Å². The lowest BCUT2D eigenvalue weighted by Gasteiger charge is -2.10.